The Morgan fingerprint density at radius 1 is 1.08 bits per heavy atom. The number of nitrogens with one attached hydrogen (secondary N) is 2. The molecule has 1 saturated heterocycles. The smallest absolute Gasteiger partial charge is 0.162 e. The Bertz CT molecular complexity index is 1380. The highest BCUT2D eigenvalue weighted by atomic mass is 15.3. The van der Waals surface area contributed by atoms with Gasteiger partial charge in [-0.3, -0.25) is 4.98 Å². The summed E-state index contributed by atoms with van der Waals surface area (Å²) >= 11 is 0. The molecule has 1 aromatic carbocycles. The molecule has 4 aromatic rings. The lowest BCUT2D eigenvalue weighted by Crippen LogP contribution is -2.57. The Kier molecular flexibility index (Phi) is 5.80. The first-order chi connectivity index (χ1) is 17.5. The molecule has 36 heavy (non-hydrogen) atoms. The maximum absolute atomic E-state index is 5.21. The number of hydrogen-bond acceptors (Lipinski definition) is 7. The van der Waals surface area contributed by atoms with Crippen molar-refractivity contribution in [2.45, 2.75) is 51.1 Å². The van der Waals surface area contributed by atoms with Crippen LogP contribution in [0.15, 0.2) is 61.1 Å². The summed E-state index contributed by atoms with van der Waals surface area (Å²) in [6, 6.07) is 14.6. The standard InChI is InChI=1S/C29H33N7/c1-19(20-7-5-4-6-8-20)33-25-15-22(11-12-31-25)27-34-24-17-30-16-23(21-9-10-21)26(24)28(35-27)36-14-13-32-29(2,3)18-36/h4-8,11-12,15-17,19,21,32H,9-10,13-14,18H2,1-3H3,(H,31,33)/t19-/m1/s1. The van der Waals surface area contributed by atoms with Crippen molar-refractivity contribution >= 4 is 22.5 Å². The molecule has 1 atom stereocenters. The van der Waals surface area contributed by atoms with E-state index in [4.69, 9.17) is 9.97 Å². The Hall–Kier alpha value is -3.58. The molecule has 0 spiro atoms. The molecule has 2 fully saturated rings. The molecule has 184 valence electrons. The molecular weight excluding hydrogens is 446 g/mol. The van der Waals surface area contributed by atoms with Crippen molar-refractivity contribution in [2.75, 3.05) is 29.9 Å². The van der Waals surface area contributed by atoms with Gasteiger partial charge in [0.05, 0.1) is 11.7 Å². The van der Waals surface area contributed by atoms with Gasteiger partial charge in [0.1, 0.15) is 11.6 Å². The summed E-state index contributed by atoms with van der Waals surface area (Å²) in [6.45, 7) is 9.38. The molecule has 0 bridgehead atoms. The second-order valence-corrected chi connectivity index (χ2v) is 10.7. The lowest BCUT2D eigenvalue weighted by Gasteiger charge is -2.40. The molecule has 7 heteroatoms. The topological polar surface area (TPSA) is 78.9 Å². The second-order valence-electron chi connectivity index (χ2n) is 10.7. The zero-order valence-electron chi connectivity index (χ0n) is 21.2. The van der Waals surface area contributed by atoms with E-state index in [0.717, 1.165) is 42.4 Å². The summed E-state index contributed by atoms with van der Waals surface area (Å²) in [4.78, 5) is 21.8. The molecule has 3 aromatic heterocycles. The van der Waals surface area contributed by atoms with Gasteiger partial charge < -0.3 is 15.5 Å². The first-order valence-corrected chi connectivity index (χ1v) is 12.9. The van der Waals surface area contributed by atoms with Crippen molar-refractivity contribution in [1.82, 2.24) is 25.3 Å². The zero-order valence-corrected chi connectivity index (χ0v) is 21.2. The highest BCUT2D eigenvalue weighted by molar-refractivity contribution is 5.94. The van der Waals surface area contributed by atoms with Gasteiger partial charge in [-0.25, -0.2) is 15.0 Å². The maximum Gasteiger partial charge on any atom is 0.162 e. The van der Waals surface area contributed by atoms with Crippen LogP contribution in [-0.2, 0) is 0 Å². The van der Waals surface area contributed by atoms with Crippen molar-refractivity contribution in [1.29, 1.82) is 0 Å². The zero-order chi connectivity index (χ0) is 24.7. The molecule has 6 rings (SSSR count). The Balaban J connectivity index is 1.41. The average molecular weight is 480 g/mol. The number of rotatable bonds is 6. The predicted octanol–water partition coefficient (Wildman–Crippen LogP) is 5.33. The number of fused-ring (bicyclic) bond motifs is 1. The van der Waals surface area contributed by atoms with Crippen LogP contribution in [0.25, 0.3) is 22.3 Å². The minimum atomic E-state index is 0.0177. The van der Waals surface area contributed by atoms with Crippen molar-refractivity contribution in [3.05, 3.63) is 72.2 Å². The largest absolute Gasteiger partial charge is 0.364 e. The van der Waals surface area contributed by atoms with E-state index >= 15 is 0 Å². The van der Waals surface area contributed by atoms with Gasteiger partial charge >= 0.3 is 0 Å². The maximum atomic E-state index is 5.21. The van der Waals surface area contributed by atoms with Crippen molar-refractivity contribution in [2.24, 2.45) is 0 Å². The second kappa shape index (κ2) is 9.13. The minimum Gasteiger partial charge on any atom is -0.364 e. The number of nitrogens with zero attached hydrogens (tertiary/aromatic N) is 5. The number of pyridine rings is 2. The summed E-state index contributed by atoms with van der Waals surface area (Å²) in [6.07, 6.45) is 8.18. The van der Waals surface area contributed by atoms with Crippen molar-refractivity contribution in [3.63, 3.8) is 0 Å². The molecule has 1 saturated carbocycles. The molecule has 0 unspecified atom stereocenters. The van der Waals surface area contributed by atoms with E-state index in [1.165, 1.54) is 29.4 Å². The lowest BCUT2D eigenvalue weighted by molar-refractivity contribution is 0.352. The summed E-state index contributed by atoms with van der Waals surface area (Å²) in [5.41, 5.74) is 4.39. The fourth-order valence-electron chi connectivity index (χ4n) is 5.17. The summed E-state index contributed by atoms with van der Waals surface area (Å²) in [7, 11) is 0. The first-order valence-electron chi connectivity index (χ1n) is 12.9. The highest BCUT2D eigenvalue weighted by Gasteiger charge is 2.32. The quantitative estimate of drug-likeness (QED) is 0.387. The number of hydrogen-bond donors (Lipinski definition) is 2. The molecule has 7 nitrogen and oxygen atoms in total. The van der Waals surface area contributed by atoms with Crippen LogP contribution >= 0.6 is 0 Å². The van der Waals surface area contributed by atoms with E-state index in [2.05, 4.69) is 70.5 Å². The van der Waals surface area contributed by atoms with E-state index in [1.54, 1.807) is 0 Å². The fourth-order valence-corrected chi connectivity index (χ4v) is 5.17. The van der Waals surface area contributed by atoms with Gasteiger partial charge in [-0.1, -0.05) is 30.3 Å². The molecule has 2 N–H and O–H groups in total. The molecule has 1 aliphatic heterocycles. The predicted molar refractivity (Wildman–Crippen MR) is 145 cm³/mol. The summed E-state index contributed by atoms with van der Waals surface area (Å²) in [5.74, 6) is 3.11. The molecule has 1 aliphatic carbocycles. The van der Waals surface area contributed by atoms with Crippen LogP contribution in [0.2, 0.25) is 0 Å². The number of benzene rings is 1. The summed E-state index contributed by atoms with van der Waals surface area (Å²) in [5, 5.41) is 8.32. The van der Waals surface area contributed by atoms with Crippen LogP contribution in [0.5, 0.6) is 0 Å². The molecule has 2 aliphatic rings. The third-order valence-corrected chi connectivity index (χ3v) is 7.19. The van der Waals surface area contributed by atoms with Gasteiger partial charge in [0, 0.05) is 54.6 Å². The Morgan fingerprint density at radius 2 is 1.92 bits per heavy atom. The normalized spacial score (nSPS) is 18.2. The molecule has 0 radical (unpaired) electrons. The van der Waals surface area contributed by atoms with Crippen molar-refractivity contribution < 1.29 is 0 Å². The van der Waals surface area contributed by atoms with E-state index in [-0.39, 0.29) is 11.6 Å². The van der Waals surface area contributed by atoms with E-state index in [1.807, 2.05) is 36.8 Å². The Labute approximate surface area is 212 Å². The summed E-state index contributed by atoms with van der Waals surface area (Å²) < 4.78 is 0. The number of aromatic nitrogens is 4. The molecular formula is C29H33N7. The van der Waals surface area contributed by atoms with Gasteiger partial charge in [0.25, 0.3) is 0 Å². The SMILES string of the molecule is C[C@@H](Nc1cc(-c2nc(N3CCNC(C)(C)C3)c3c(C4CC4)cncc3n2)ccn1)c1ccccc1. The van der Waals surface area contributed by atoms with Gasteiger partial charge in [-0.05, 0) is 62.8 Å². The first kappa shape index (κ1) is 22.9. The van der Waals surface area contributed by atoms with E-state index < -0.39 is 0 Å². The van der Waals surface area contributed by atoms with E-state index in [0.29, 0.717) is 11.7 Å². The van der Waals surface area contributed by atoms with Crippen LogP contribution in [0.1, 0.15) is 56.7 Å². The van der Waals surface area contributed by atoms with E-state index in [9.17, 15) is 0 Å². The molecule has 0 amide bonds. The third-order valence-electron chi connectivity index (χ3n) is 7.19. The molecule has 4 heterocycles. The average Bonchev–Trinajstić information content (AvgIpc) is 3.73. The highest BCUT2D eigenvalue weighted by Crippen LogP contribution is 2.45. The van der Waals surface area contributed by atoms with Crippen LogP contribution < -0.4 is 15.5 Å². The van der Waals surface area contributed by atoms with Gasteiger partial charge in [0.15, 0.2) is 5.82 Å². The van der Waals surface area contributed by atoms with Gasteiger partial charge in [-0.2, -0.15) is 0 Å². The van der Waals surface area contributed by atoms with Gasteiger partial charge in [-0.15, -0.1) is 0 Å². The Morgan fingerprint density at radius 3 is 2.69 bits per heavy atom. The van der Waals surface area contributed by atoms with Crippen LogP contribution in [-0.4, -0.2) is 45.1 Å². The van der Waals surface area contributed by atoms with Crippen molar-refractivity contribution in [3.8, 4) is 11.4 Å². The monoisotopic (exact) mass is 479 g/mol. The lowest BCUT2D eigenvalue weighted by atomic mass is 10.0. The van der Waals surface area contributed by atoms with Gasteiger partial charge in [0.2, 0.25) is 0 Å². The van der Waals surface area contributed by atoms with Crippen LogP contribution in [0.3, 0.4) is 0 Å². The third kappa shape index (κ3) is 4.63. The number of piperazine rings is 1. The minimum absolute atomic E-state index is 0.0177. The van der Waals surface area contributed by atoms with Crippen LogP contribution in [0, 0.1) is 0 Å². The fraction of sp³-hybridized carbons (Fsp3) is 0.379. The van der Waals surface area contributed by atoms with Crippen LogP contribution in [0.4, 0.5) is 11.6 Å². The number of anilines is 2.